The minimum Gasteiger partial charge on any atom is -0.369 e. The zero-order chi connectivity index (χ0) is 17.1. The second-order valence-electron chi connectivity index (χ2n) is 6.80. The molecular weight excluding hydrogens is 304 g/mol. The maximum atomic E-state index is 12.0. The number of pyridine rings is 1. The number of nitrogens with zero attached hydrogens (tertiary/aromatic N) is 4. The van der Waals surface area contributed by atoms with Gasteiger partial charge in [0.25, 0.3) is 5.91 Å². The Labute approximate surface area is 143 Å². The molecule has 2 aliphatic heterocycles. The molecule has 2 atom stereocenters. The van der Waals surface area contributed by atoms with Crippen molar-refractivity contribution in [1.29, 1.82) is 5.26 Å². The van der Waals surface area contributed by atoms with E-state index in [2.05, 4.69) is 16.0 Å². The van der Waals surface area contributed by atoms with Crippen LogP contribution < -0.4 is 4.90 Å². The predicted octanol–water partition coefficient (Wildman–Crippen LogP) is 1.81. The van der Waals surface area contributed by atoms with E-state index in [4.69, 9.17) is 4.74 Å². The van der Waals surface area contributed by atoms with Crippen molar-refractivity contribution in [3.8, 4) is 6.07 Å². The lowest BCUT2D eigenvalue weighted by atomic mass is 9.89. The van der Waals surface area contributed by atoms with Gasteiger partial charge in [-0.25, -0.2) is 0 Å². The summed E-state index contributed by atoms with van der Waals surface area (Å²) in [5.41, 5.74) is 1.60. The molecule has 0 spiro atoms. The van der Waals surface area contributed by atoms with Crippen molar-refractivity contribution in [3.05, 3.63) is 24.0 Å². The van der Waals surface area contributed by atoms with Crippen molar-refractivity contribution in [1.82, 2.24) is 9.88 Å². The van der Waals surface area contributed by atoms with E-state index >= 15 is 0 Å². The number of piperidine rings is 1. The lowest BCUT2D eigenvalue weighted by Crippen LogP contribution is -2.39. The second-order valence-corrected chi connectivity index (χ2v) is 6.80. The number of likely N-dealkylation sites (N-methyl/N-ethyl adjacent to an activating group) is 1. The van der Waals surface area contributed by atoms with Crippen LogP contribution in [0.3, 0.4) is 0 Å². The fourth-order valence-corrected chi connectivity index (χ4v) is 3.72. The average molecular weight is 328 g/mol. The Kier molecular flexibility index (Phi) is 5.00. The zero-order valence-corrected chi connectivity index (χ0v) is 14.3. The molecule has 0 N–H and O–H groups in total. The van der Waals surface area contributed by atoms with Crippen LogP contribution in [-0.2, 0) is 9.53 Å². The third kappa shape index (κ3) is 3.36. The van der Waals surface area contributed by atoms with Crippen molar-refractivity contribution >= 4 is 11.6 Å². The SMILES string of the molecule is CN(C)C(=O)[C@H]1CC[C@@H](C2CCN(c3cnccc3C#N)CC2)O1. The summed E-state index contributed by atoms with van der Waals surface area (Å²) in [4.78, 5) is 20.0. The molecule has 128 valence electrons. The highest BCUT2D eigenvalue weighted by molar-refractivity contribution is 5.80. The number of hydrogen-bond donors (Lipinski definition) is 0. The highest BCUT2D eigenvalue weighted by atomic mass is 16.5. The summed E-state index contributed by atoms with van der Waals surface area (Å²) in [7, 11) is 3.55. The summed E-state index contributed by atoms with van der Waals surface area (Å²) >= 11 is 0. The highest BCUT2D eigenvalue weighted by Gasteiger charge is 2.37. The number of ether oxygens (including phenoxy) is 1. The maximum Gasteiger partial charge on any atom is 0.251 e. The van der Waals surface area contributed by atoms with Crippen LogP contribution >= 0.6 is 0 Å². The van der Waals surface area contributed by atoms with Crippen LogP contribution in [0.2, 0.25) is 0 Å². The van der Waals surface area contributed by atoms with E-state index in [9.17, 15) is 10.1 Å². The molecule has 24 heavy (non-hydrogen) atoms. The molecule has 0 unspecified atom stereocenters. The third-order valence-corrected chi connectivity index (χ3v) is 5.10. The van der Waals surface area contributed by atoms with Crippen LogP contribution in [0.1, 0.15) is 31.2 Å². The number of aromatic nitrogens is 1. The molecule has 3 heterocycles. The first-order valence-electron chi connectivity index (χ1n) is 8.56. The molecule has 2 fully saturated rings. The first-order chi connectivity index (χ1) is 11.6. The van der Waals surface area contributed by atoms with Gasteiger partial charge in [-0.2, -0.15) is 5.26 Å². The van der Waals surface area contributed by atoms with E-state index in [0.29, 0.717) is 11.5 Å². The van der Waals surface area contributed by atoms with Gasteiger partial charge in [-0.15, -0.1) is 0 Å². The summed E-state index contributed by atoms with van der Waals surface area (Å²) in [6, 6.07) is 4.00. The van der Waals surface area contributed by atoms with Crippen molar-refractivity contribution in [2.75, 3.05) is 32.1 Å². The second kappa shape index (κ2) is 7.18. The lowest BCUT2D eigenvalue weighted by molar-refractivity contribution is -0.141. The maximum absolute atomic E-state index is 12.0. The molecule has 2 saturated heterocycles. The predicted molar refractivity (Wildman–Crippen MR) is 90.5 cm³/mol. The minimum absolute atomic E-state index is 0.0731. The van der Waals surface area contributed by atoms with Gasteiger partial charge in [0.2, 0.25) is 0 Å². The van der Waals surface area contributed by atoms with Gasteiger partial charge in [0.05, 0.1) is 23.6 Å². The largest absolute Gasteiger partial charge is 0.369 e. The summed E-state index contributed by atoms with van der Waals surface area (Å²) in [6.07, 6.45) is 7.17. The van der Waals surface area contributed by atoms with Crippen molar-refractivity contribution < 1.29 is 9.53 Å². The van der Waals surface area contributed by atoms with Crippen molar-refractivity contribution in [2.24, 2.45) is 5.92 Å². The molecule has 2 aliphatic rings. The van der Waals surface area contributed by atoms with E-state index in [-0.39, 0.29) is 18.1 Å². The fourth-order valence-electron chi connectivity index (χ4n) is 3.72. The Hall–Kier alpha value is -2.13. The van der Waals surface area contributed by atoms with Gasteiger partial charge in [0.1, 0.15) is 12.2 Å². The molecule has 0 radical (unpaired) electrons. The Morgan fingerprint density at radius 2 is 2.08 bits per heavy atom. The number of nitriles is 1. The Balaban J connectivity index is 1.56. The number of carbonyl (C=O) groups excluding carboxylic acids is 1. The van der Waals surface area contributed by atoms with E-state index in [0.717, 1.165) is 44.5 Å². The van der Waals surface area contributed by atoms with Gasteiger partial charge in [-0.3, -0.25) is 9.78 Å². The number of carbonyl (C=O) groups is 1. The van der Waals surface area contributed by atoms with Crippen molar-refractivity contribution in [3.63, 3.8) is 0 Å². The first-order valence-corrected chi connectivity index (χ1v) is 8.56. The van der Waals surface area contributed by atoms with E-state index in [1.807, 2.05) is 0 Å². The molecule has 1 amide bonds. The van der Waals surface area contributed by atoms with Gasteiger partial charge < -0.3 is 14.5 Å². The summed E-state index contributed by atoms with van der Waals surface area (Å²) in [6.45, 7) is 1.80. The third-order valence-electron chi connectivity index (χ3n) is 5.10. The first kappa shape index (κ1) is 16.7. The van der Waals surface area contributed by atoms with E-state index < -0.39 is 0 Å². The Morgan fingerprint density at radius 1 is 1.33 bits per heavy atom. The number of amides is 1. The summed E-state index contributed by atoms with van der Waals surface area (Å²) in [5.74, 6) is 0.562. The van der Waals surface area contributed by atoms with Crippen LogP contribution in [0.15, 0.2) is 18.5 Å². The monoisotopic (exact) mass is 328 g/mol. The van der Waals surface area contributed by atoms with Gasteiger partial charge in [0, 0.05) is 33.4 Å². The summed E-state index contributed by atoms with van der Waals surface area (Å²) < 4.78 is 6.04. The normalized spacial score (nSPS) is 24.6. The lowest BCUT2D eigenvalue weighted by Gasteiger charge is -2.36. The molecule has 6 nitrogen and oxygen atoms in total. The molecule has 3 rings (SSSR count). The van der Waals surface area contributed by atoms with Crippen molar-refractivity contribution in [2.45, 2.75) is 37.9 Å². The molecule has 6 heteroatoms. The molecule has 0 aromatic carbocycles. The standard InChI is InChI=1S/C18H24N4O2/c1-21(2)18(23)17-4-3-16(24-17)13-6-9-22(10-7-13)15-12-20-8-5-14(15)11-19/h5,8,12-13,16-17H,3-4,6-7,9-10H2,1-2H3/t16-,17+/m0/s1. The molecule has 0 bridgehead atoms. The van der Waals surface area contributed by atoms with Gasteiger partial charge in [-0.1, -0.05) is 0 Å². The number of hydrogen-bond acceptors (Lipinski definition) is 5. The average Bonchev–Trinajstić information content (AvgIpc) is 3.11. The van der Waals surface area contributed by atoms with Crippen LogP contribution in [0.25, 0.3) is 0 Å². The van der Waals surface area contributed by atoms with Crippen LogP contribution in [-0.4, -0.2) is 55.2 Å². The Morgan fingerprint density at radius 3 is 2.75 bits per heavy atom. The molecule has 1 aromatic rings. The quantitative estimate of drug-likeness (QED) is 0.846. The number of rotatable bonds is 3. The Bertz CT molecular complexity index is 632. The zero-order valence-electron chi connectivity index (χ0n) is 14.3. The van der Waals surface area contributed by atoms with Gasteiger partial charge in [-0.05, 0) is 37.7 Å². The molecule has 0 saturated carbocycles. The van der Waals surface area contributed by atoms with Crippen LogP contribution in [0.4, 0.5) is 5.69 Å². The molecule has 0 aliphatic carbocycles. The smallest absolute Gasteiger partial charge is 0.251 e. The number of anilines is 1. The minimum atomic E-state index is -0.272. The van der Waals surface area contributed by atoms with E-state index in [1.54, 1.807) is 37.5 Å². The van der Waals surface area contributed by atoms with Gasteiger partial charge >= 0.3 is 0 Å². The molecular formula is C18H24N4O2. The summed E-state index contributed by atoms with van der Waals surface area (Å²) in [5, 5.41) is 9.24. The highest BCUT2D eigenvalue weighted by Crippen LogP contribution is 2.34. The van der Waals surface area contributed by atoms with Gasteiger partial charge in [0.15, 0.2) is 0 Å². The van der Waals surface area contributed by atoms with Crippen LogP contribution in [0, 0.1) is 17.2 Å². The fraction of sp³-hybridized carbons (Fsp3) is 0.611. The van der Waals surface area contributed by atoms with E-state index in [1.165, 1.54) is 0 Å². The van der Waals surface area contributed by atoms with Crippen LogP contribution in [0.5, 0.6) is 0 Å². The topological polar surface area (TPSA) is 69.5 Å². The molecule has 1 aromatic heterocycles.